The van der Waals surface area contributed by atoms with Crippen LogP contribution < -0.4 is 5.32 Å². The lowest BCUT2D eigenvalue weighted by molar-refractivity contribution is -0.141. The van der Waals surface area contributed by atoms with Crippen LogP contribution in [0.2, 0.25) is 10.0 Å². The van der Waals surface area contributed by atoms with Gasteiger partial charge in [0.15, 0.2) is 5.69 Å². The molecule has 138 valence electrons. The molecule has 1 N–H and O–H groups in total. The lowest BCUT2D eigenvalue weighted by Gasteiger charge is -2.07. The van der Waals surface area contributed by atoms with Crippen molar-refractivity contribution in [3.63, 3.8) is 0 Å². The molecule has 0 bridgehead atoms. The molecule has 6 nitrogen and oxygen atoms in total. The Morgan fingerprint density at radius 2 is 1.96 bits per heavy atom. The fraction of sp³-hybridized carbons (Fsp3) is 0.500. The Bertz CT molecular complexity index is 750. The maximum Gasteiger partial charge on any atom is 0.436 e. The number of nitrogens with one attached hydrogen (secondary N) is 1. The van der Waals surface area contributed by atoms with Crippen LogP contribution in [0.4, 0.5) is 13.2 Å². The number of alkyl halides is 3. The molecule has 2 rings (SSSR count). The number of halogens is 5. The van der Waals surface area contributed by atoms with Crippen LogP contribution in [0, 0.1) is 13.8 Å². The fourth-order valence-corrected chi connectivity index (χ4v) is 2.55. The number of carbonyl (C=O) groups excluding carboxylic acids is 1. The molecule has 0 aromatic carbocycles. The average Bonchev–Trinajstić information content (AvgIpc) is 2.96. The van der Waals surface area contributed by atoms with Gasteiger partial charge in [-0.3, -0.25) is 14.2 Å². The largest absolute Gasteiger partial charge is 0.436 e. The summed E-state index contributed by atoms with van der Waals surface area (Å²) in [6.45, 7) is 3.69. The summed E-state index contributed by atoms with van der Waals surface area (Å²) in [5.41, 5.74) is -0.232. The Morgan fingerprint density at radius 1 is 1.28 bits per heavy atom. The van der Waals surface area contributed by atoms with Crippen LogP contribution >= 0.6 is 23.2 Å². The molecular weight excluding hydrogens is 382 g/mol. The molecule has 0 spiro atoms. The summed E-state index contributed by atoms with van der Waals surface area (Å²) < 4.78 is 40.8. The molecule has 0 saturated carbocycles. The highest BCUT2D eigenvalue weighted by molar-refractivity contribution is 6.32. The quantitative estimate of drug-likeness (QED) is 0.760. The summed E-state index contributed by atoms with van der Waals surface area (Å²) in [5.74, 6) is -0.273. The molecule has 0 fully saturated rings. The van der Waals surface area contributed by atoms with E-state index in [1.54, 1.807) is 13.1 Å². The monoisotopic (exact) mass is 397 g/mol. The van der Waals surface area contributed by atoms with Crippen LogP contribution in [-0.2, 0) is 24.1 Å². The summed E-state index contributed by atoms with van der Waals surface area (Å²) in [4.78, 5) is 11.8. The Labute approximate surface area is 151 Å². The third kappa shape index (κ3) is 4.88. The topological polar surface area (TPSA) is 64.7 Å². The van der Waals surface area contributed by atoms with E-state index in [9.17, 15) is 18.0 Å². The van der Waals surface area contributed by atoms with Gasteiger partial charge in [0.25, 0.3) is 0 Å². The molecule has 0 unspecified atom stereocenters. The molecule has 11 heteroatoms. The summed E-state index contributed by atoms with van der Waals surface area (Å²) in [5, 5.41) is 10.3. The van der Waals surface area contributed by atoms with Crippen LogP contribution in [0.25, 0.3) is 0 Å². The van der Waals surface area contributed by atoms with Gasteiger partial charge in [0.1, 0.15) is 6.54 Å². The molecule has 0 atom stereocenters. The van der Waals surface area contributed by atoms with Gasteiger partial charge in [0.05, 0.1) is 21.4 Å². The van der Waals surface area contributed by atoms with Gasteiger partial charge >= 0.3 is 6.18 Å². The van der Waals surface area contributed by atoms with Gasteiger partial charge in [0.2, 0.25) is 5.91 Å². The van der Waals surface area contributed by atoms with Gasteiger partial charge < -0.3 is 5.32 Å². The lowest BCUT2D eigenvalue weighted by Crippen LogP contribution is -2.29. The molecule has 2 aromatic rings. The number of rotatable bonds is 6. The van der Waals surface area contributed by atoms with Crippen LogP contribution in [0.3, 0.4) is 0 Å². The highest BCUT2D eigenvalue weighted by Crippen LogP contribution is 2.35. The standard InChI is InChI=1S/C14H16Cl2F3N5O/c1-8-10(15)6-23(21-8)7-11(25)20-4-3-5-24-9(2)12(16)13(22-24)14(17,18)19/h6H,3-5,7H2,1-2H3,(H,20,25). The van der Waals surface area contributed by atoms with Gasteiger partial charge in [-0.1, -0.05) is 23.2 Å². The van der Waals surface area contributed by atoms with Gasteiger partial charge in [0, 0.05) is 19.3 Å². The predicted molar refractivity (Wildman–Crippen MR) is 86.6 cm³/mol. The fourth-order valence-electron chi connectivity index (χ4n) is 2.16. The van der Waals surface area contributed by atoms with Crippen molar-refractivity contribution < 1.29 is 18.0 Å². The van der Waals surface area contributed by atoms with Crippen molar-refractivity contribution in [1.29, 1.82) is 0 Å². The van der Waals surface area contributed by atoms with Crippen LogP contribution in [0.15, 0.2) is 6.20 Å². The Hall–Kier alpha value is -1.74. The zero-order chi connectivity index (χ0) is 18.8. The second-order valence-electron chi connectivity index (χ2n) is 5.43. The third-order valence-corrected chi connectivity index (χ3v) is 4.29. The van der Waals surface area contributed by atoms with E-state index in [1.807, 2.05) is 0 Å². The second kappa shape index (κ2) is 7.65. The van der Waals surface area contributed by atoms with Crippen molar-refractivity contribution in [3.8, 4) is 0 Å². The van der Waals surface area contributed by atoms with E-state index in [0.717, 1.165) is 0 Å². The summed E-state index contributed by atoms with van der Waals surface area (Å²) >= 11 is 11.5. The zero-order valence-corrected chi connectivity index (χ0v) is 15.0. The molecule has 0 saturated heterocycles. The van der Waals surface area contributed by atoms with Crippen LogP contribution in [0.1, 0.15) is 23.5 Å². The Kier molecular flexibility index (Phi) is 5.99. The number of amides is 1. The van der Waals surface area contributed by atoms with E-state index in [-0.39, 0.29) is 31.2 Å². The van der Waals surface area contributed by atoms with Gasteiger partial charge in [-0.05, 0) is 20.3 Å². The average molecular weight is 398 g/mol. The summed E-state index contributed by atoms with van der Waals surface area (Å²) in [6.07, 6.45) is -2.64. The Morgan fingerprint density at radius 3 is 2.48 bits per heavy atom. The molecule has 0 radical (unpaired) electrons. The van der Waals surface area contributed by atoms with Gasteiger partial charge in [-0.15, -0.1) is 0 Å². The normalized spacial score (nSPS) is 11.8. The molecule has 25 heavy (non-hydrogen) atoms. The lowest BCUT2D eigenvalue weighted by atomic mass is 10.3. The summed E-state index contributed by atoms with van der Waals surface area (Å²) in [7, 11) is 0. The first kappa shape index (κ1) is 19.6. The number of aryl methyl sites for hydroxylation is 2. The molecule has 2 aromatic heterocycles. The molecule has 0 aliphatic carbocycles. The first-order valence-electron chi connectivity index (χ1n) is 7.36. The summed E-state index contributed by atoms with van der Waals surface area (Å²) in [6, 6.07) is 0. The zero-order valence-electron chi connectivity index (χ0n) is 13.5. The van der Waals surface area contributed by atoms with E-state index >= 15 is 0 Å². The van der Waals surface area contributed by atoms with E-state index in [4.69, 9.17) is 23.2 Å². The van der Waals surface area contributed by atoms with E-state index < -0.39 is 16.9 Å². The van der Waals surface area contributed by atoms with Crippen LogP contribution in [-0.4, -0.2) is 32.0 Å². The minimum Gasteiger partial charge on any atom is -0.354 e. The van der Waals surface area contributed by atoms with Crippen molar-refractivity contribution in [2.24, 2.45) is 0 Å². The number of carbonyl (C=O) groups is 1. The Balaban J connectivity index is 1.82. The highest BCUT2D eigenvalue weighted by Gasteiger charge is 2.38. The number of hydrogen-bond acceptors (Lipinski definition) is 3. The van der Waals surface area contributed by atoms with E-state index in [0.29, 0.717) is 17.1 Å². The molecular formula is C14H16Cl2F3N5O. The first-order valence-corrected chi connectivity index (χ1v) is 8.11. The molecule has 0 aliphatic rings. The van der Waals surface area contributed by atoms with Crippen molar-refractivity contribution in [2.45, 2.75) is 39.5 Å². The van der Waals surface area contributed by atoms with Crippen LogP contribution in [0.5, 0.6) is 0 Å². The van der Waals surface area contributed by atoms with Crippen molar-refractivity contribution in [1.82, 2.24) is 24.9 Å². The maximum absolute atomic E-state index is 12.7. The van der Waals surface area contributed by atoms with Gasteiger partial charge in [-0.2, -0.15) is 23.4 Å². The molecule has 2 heterocycles. The number of aromatic nitrogens is 4. The minimum atomic E-state index is -4.59. The highest BCUT2D eigenvalue weighted by atomic mass is 35.5. The van der Waals surface area contributed by atoms with E-state index in [1.165, 1.54) is 16.3 Å². The first-order chi connectivity index (χ1) is 11.6. The number of nitrogens with zero attached hydrogens (tertiary/aromatic N) is 4. The van der Waals surface area contributed by atoms with Gasteiger partial charge in [-0.25, -0.2) is 0 Å². The second-order valence-corrected chi connectivity index (χ2v) is 6.22. The van der Waals surface area contributed by atoms with Crippen molar-refractivity contribution in [2.75, 3.05) is 6.54 Å². The smallest absolute Gasteiger partial charge is 0.354 e. The minimum absolute atomic E-state index is 0.0123. The molecule has 0 aliphatic heterocycles. The predicted octanol–water partition coefficient (Wildman–Crippen LogP) is 3.23. The van der Waals surface area contributed by atoms with E-state index in [2.05, 4.69) is 15.5 Å². The number of hydrogen-bond donors (Lipinski definition) is 1. The van der Waals surface area contributed by atoms with Crippen molar-refractivity contribution in [3.05, 3.63) is 33.3 Å². The SMILES string of the molecule is Cc1nn(CC(=O)NCCCn2nc(C(F)(F)F)c(Cl)c2C)cc1Cl. The van der Waals surface area contributed by atoms with Crippen molar-refractivity contribution >= 4 is 29.1 Å². The third-order valence-electron chi connectivity index (χ3n) is 3.46. The molecule has 1 amide bonds. The maximum atomic E-state index is 12.7.